The molecule has 0 aliphatic carbocycles. The normalized spacial score (nSPS) is 11.4. The van der Waals surface area contributed by atoms with Crippen molar-refractivity contribution in [2.24, 2.45) is 0 Å². The molecule has 2 nitrogen and oxygen atoms in total. The van der Waals surface area contributed by atoms with E-state index in [2.05, 4.69) is 6.58 Å². The maximum atomic E-state index is 12.0. The van der Waals surface area contributed by atoms with Crippen LogP contribution < -0.4 is 0 Å². The average molecular weight is 338 g/mol. The van der Waals surface area contributed by atoms with Crippen LogP contribution >= 0.6 is 0 Å². The molecule has 0 N–H and O–H groups in total. The van der Waals surface area contributed by atoms with Gasteiger partial charge in [-0.3, -0.25) is 0 Å². The van der Waals surface area contributed by atoms with Crippen molar-refractivity contribution in [2.75, 3.05) is 6.61 Å². The lowest BCUT2D eigenvalue weighted by atomic mass is 10.1. The van der Waals surface area contributed by atoms with Gasteiger partial charge in [-0.1, -0.05) is 64.4 Å². The van der Waals surface area contributed by atoms with Crippen LogP contribution in [0.15, 0.2) is 12.7 Å². The molecule has 0 saturated heterocycles. The highest BCUT2D eigenvalue weighted by Crippen LogP contribution is 2.19. The van der Waals surface area contributed by atoms with Crippen LogP contribution in [0.5, 0.6) is 0 Å². The summed E-state index contributed by atoms with van der Waals surface area (Å²) in [5.74, 6) is -0.363. The van der Waals surface area contributed by atoms with Crippen molar-refractivity contribution in [3.05, 3.63) is 12.7 Å². The van der Waals surface area contributed by atoms with Gasteiger partial charge in [-0.15, -0.1) is 0 Å². The summed E-state index contributed by atoms with van der Waals surface area (Å²) in [6.45, 7) is 3.79. The van der Waals surface area contributed by atoms with Gasteiger partial charge in [-0.25, -0.2) is 17.1 Å². The van der Waals surface area contributed by atoms with Crippen LogP contribution in [0.25, 0.3) is 0 Å². The first-order valence-corrected chi connectivity index (χ1v) is 10.2. The molecule has 0 aromatic heterocycles. The summed E-state index contributed by atoms with van der Waals surface area (Å²) in [6, 6.07) is -0.505. The highest BCUT2D eigenvalue weighted by atomic mass is 28.5. The topological polar surface area (TPSA) is 26.3 Å². The van der Waals surface area contributed by atoms with Gasteiger partial charge in [-0.2, -0.15) is 0 Å². The number of carbonyl (C=O) groups excluding carboxylic acids is 1. The zero-order chi connectivity index (χ0) is 16.7. The second-order valence-electron chi connectivity index (χ2n) is 5.63. The van der Waals surface area contributed by atoms with E-state index >= 15 is 0 Å². The first-order valence-electron chi connectivity index (χ1n) is 8.31. The maximum Gasteiger partial charge on any atom is 0.616 e. The van der Waals surface area contributed by atoms with E-state index < -0.39 is 15.1 Å². The molecule has 0 aliphatic rings. The Balaban J connectivity index is 3.09. The van der Waals surface area contributed by atoms with Crippen molar-refractivity contribution in [3.8, 4) is 0 Å². The van der Waals surface area contributed by atoms with E-state index in [1.165, 1.54) is 25.3 Å². The van der Waals surface area contributed by atoms with Gasteiger partial charge in [0, 0.05) is 12.1 Å². The molecule has 0 rings (SSSR count). The Hall–Kier alpha value is -0.783. The third-order valence-electron chi connectivity index (χ3n) is 3.52. The number of rotatable bonds is 15. The lowest BCUT2D eigenvalue weighted by Gasteiger charge is -2.04. The fourth-order valence-electron chi connectivity index (χ4n) is 2.25. The van der Waals surface area contributed by atoms with Crippen LogP contribution in [-0.4, -0.2) is 21.7 Å². The summed E-state index contributed by atoms with van der Waals surface area (Å²) in [5.41, 5.74) is 0. The second-order valence-corrected chi connectivity index (χ2v) is 7.36. The highest BCUT2D eigenvalue weighted by molar-refractivity contribution is 6.58. The highest BCUT2D eigenvalue weighted by Gasteiger charge is 2.35. The molecule has 0 fully saturated rings. The third-order valence-corrected chi connectivity index (χ3v) is 4.44. The molecule has 0 atom stereocenters. The smallest absolute Gasteiger partial charge is 0.463 e. The lowest BCUT2D eigenvalue weighted by molar-refractivity contribution is -0.137. The molecule has 0 saturated carbocycles. The number of ether oxygens (including phenoxy) is 1. The Kier molecular flexibility index (Phi) is 13.4. The Bertz CT molecular complexity index is 294. The second kappa shape index (κ2) is 13.9. The van der Waals surface area contributed by atoms with Crippen LogP contribution in [0.1, 0.15) is 70.6 Å². The van der Waals surface area contributed by atoms with E-state index in [-0.39, 0.29) is 5.97 Å². The van der Waals surface area contributed by atoms with Gasteiger partial charge in [-0.05, 0) is 12.8 Å². The third kappa shape index (κ3) is 17.3. The Morgan fingerprint density at radius 1 is 0.818 bits per heavy atom. The van der Waals surface area contributed by atoms with Crippen molar-refractivity contribution >= 4 is 15.0 Å². The van der Waals surface area contributed by atoms with Gasteiger partial charge >= 0.3 is 15.0 Å². The predicted octanol–water partition coefficient (Wildman–Crippen LogP) is 5.85. The van der Waals surface area contributed by atoms with Crippen LogP contribution in [0.4, 0.5) is 12.3 Å². The van der Waals surface area contributed by atoms with Crippen molar-refractivity contribution in [1.29, 1.82) is 0 Å². The molecular formula is C16H29F3O2Si. The summed E-state index contributed by atoms with van der Waals surface area (Å²) in [7, 11) is -5.30. The first kappa shape index (κ1) is 21.2. The first-order chi connectivity index (χ1) is 10.5. The summed E-state index contributed by atoms with van der Waals surface area (Å²) < 4.78 is 41.0. The molecule has 0 amide bonds. The monoisotopic (exact) mass is 338 g/mol. The molecule has 0 spiro atoms. The summed E-state index contributed by atoms with van der Waals surface area (Å²) in [5, 5.41) is 0. The molecule has 22 heavy (non-hydrogen) atoms. The van der Waals surface area contributed by atoms with Gasteiger partial charge in [0.2, 0.25) is 0 Å². The van der Waals surface area contributed by atoms with Gasteiger partial charge in [0.05, 0.1) is 6.61 Å². The Labute approximate surface area is 133 Å². The molecular weight excluding hydrogens is 309 g/mol. The number of hydrogen-bond donors (Lipinski definition) is 0. The molecule has 0 aliphatic heterocycles. The minimum absolute atomic E-state index is 0.326. The van der Waals surface area contributed by atoms with Crippen LogP contribution in [0.2, 0.25) is 6.04 Å². The number of carbonyl (C=O) groups is 1. The average Bonchev–Trinajstić information content (AvgIpc) is 2.46. The fourth-order valence-corrected chi connectivity index (χ4v) is 2.90. The van der Waals surface area contributed by atoms with Crippen molar-refractivity contribution in [1.82, 2.24) is 0 Å². The number of hydrogen-bond acceptors (Lipinski definition) is 2. The molecule has 6 heteroatoms. The quantitative estimate of drug-likeness (QED) is 0.123. The van der Waals surface area contributed by atoms with Crippen LogP contribution in [0, 0.1) is 0 Å². The molecule has 0 bridgehead atoms. The van der Waals surface area contributed by atoms with Gasteiger partial charge in [0.1, 0.15) is 0 Å². The van der Waals surface area contributed by atoms with Gasteiger partial charge < -0.3 is 4.74 Å². The van der Waals surface area contributed by atoms with Crippen molar-refractivity contribution in [2.45, 2.75) is 76.7 Å². The van der Waals surface area contributed by atoms with E-state index in [4.69, 9.17) is 4.74 Å². The van der Waals surface area contributed by atoms with E-state index in [9.17, 15) is 17.1 Å². The molecule has 130 valence electrons. The standard InChI is InChI=1S/C16H29F3O2Si/c1-2-16(20)21-14-12-10-8-6-4-3-5-7-9-11-13-15-22(17,18)19/h2H,1,3-15H2. The Morgan fingerprint density at radius 2 is 1.23 bits per heavy atom. The summed E-state index contributed by atoms with van der Waals surface area (Å²) in [6.07, 6.45) is 11.9. The molecule has 0 heterocycles. The van der Waals surface area contributed by atoms with Gasteiger partial charge in [0.15, 0.2) is 0 Å². The summed E-state index contributed by atoms with van der Waals surface area (Å²) >= 11 is 0. The molecule has 0 radical (unpaired) electrons. The van der Waals surface area contributed by atoms with E-state index in [1.807, 2.05) is 0 Å². The Morgan fingerprint density at radius 3 is 1.64 bits per heavy atom. The number of esters is 1. The number of unbranched alkanes of at least 4 members (excludes halogenated alkanes) is 10. The molecule has 0 aromatic rings. The van der Waals surface area contributed by atoms with Crippen LogP contribution in [0.3, 0.4) is 0 Å². The van der Waals surface area contributed by atoms with Crippen molar-refractivity contribution < 1.29 is 21.9 Å². The van der Waals surface area contributed by atoms with E-state index in [0.717, 1.165) is 44.9 Å². The van der Waals surface area contributed by atoms with E-state index in [0.29, 0.717) is 13.0 Å². The van der Waals surface area contributed by atoms with E-state index in [1.54, 1.807) is 0 Å². The fraction of sp³-hybridized carbons (Fsp3) is 0.812. The zero-order valence-electron chi connectivity index (χ0n) is 13.4. The zero-order valence-corrected chi connectivity index (χ0v) is 14.4. The minimum atomic E-state index is -5.30. The largest absolute Gasteiger partial charge is 0.616 e. The maximum absolute atomic E-state index is 12.0. The van der Waals surface area contributed by atoms with Gasteiger partial charge in [0.25, 0.3) is 0 Å². The molecule has 0 unspecified atom stereocenters. The predicted molar refractivity (Wildman–Crippen MR) is 85.8 cm³/mol. The minimum Gasteiger partial charge on any atom is -0.463 e. The van der Waals surface area contributed by atoms with Crippen LogP contribution in [-0.2, 0) is 9.53 Å². The molecule has 0 aromatic carbocycles. The SMILES string of the molecule is C=CC(=O)OCCCCCCCCCCCCC[Si](F)(F)F. The van der Waals surface area contributed by atoms with Crippen molar-refractivity contribution in [3.63, 3.8) is 0 Å². The lowest BCUT2D eigenvalue weighted by Crippen LogP contribution is -2.13. The number of halogens is 3. The summed E-state index contributed by atoms with van der Waals surface area (Å²) in [4.78, 5) is 10.8.